The van der Waals surface area contributed by atoms with Crippen LogP contribution < -0.4 is 0 Å². The summed E-state index contributed by atoms with van der Waals surface area (Å²) in [6, 6.07) is 0. The van der Waals surface area contributed by atoms with E-state index >= 15 is 0 Å². The molecule has 0 aromatic heterocycles. The van der Waals surface area contributed by atoms with E-state index in [-0.39, 0.29) is 0 Å². The van der Waals surface area contributed by atoms with Crippen LogP contribution in [0.1, 0.15) is 39.5 Å². The van der Waals surface area contributed by atoms with Gasteiger partial charge < -0.3 is 0 Å². The molecule has 0 heterocycles. The van der Waals surface area contributed by atoms with Gasteiger partial charge in [0.05, 0.1) is 0 Å². The third kappa shape index (κ3) is 1.21. The maximum Gasteiger partial charge on any atom is 0.158 e. The molecule has 1 nitrogen and oxygen atoms in total. The van der Waals surface area contributed by atoms with Crippen molar-refractivity contribution >= 4 is 5.78 Å². The molecule has 0 aliphatic heterocycles. The molecule has 0 bridgehead atoms. The van der Waals surface area contributed by atoms with Crippen molar-refractivity contribution in [3.8, 4) is 0 Å². The van der Waals surface area contributed by atoms with Crippen LogP contribution >= 0.6 is 0 Å². The molecule has 0 aromatic rings. The van der Waals surface area contributed by atoms with Crippen LogP contribution in [0, 0.1) is 11.3 Å². The highest BCUT2D eigenvalue weighted by Crippen LogP contribution is 2.55. The molecule has 0 unspecified atom stereocenters. The van der Waals surface area contributed by atoms with Crippen LogP contribution in [-0.4, -0.2) is 5.78 Å². The van der Waals surface area contributed by atoms with Crippen LogP contribution in [0.25, 0.3) is 0 Å². The fraction of sp³-hybridized carbons (Fsp3) is 0.727. The van der Waals surface area contributed by atoms with Gasteiger partial charge >= 0.3 is 0 Å². The van der Waals surface area contributed by atoms with Crippen molar-refractivity contribution in [2.24, 2.45) is 11.3 Å². The fourth-order valence-electron chi connectivity index (χ4n) is 2.04. The minimum Gasteiger partial charge on any atom is -0.295 e. The molecule has 2 rings (SSSR count). The number of rotatable bonds is 1. The van der Waals surface area contributed by atoms with Gasteiger partial charge in [0.2, 0.25) is 0 Å². The van der Waals surface area contributed by atoms with Gasteiger partial charge in [0.1, 0.15) is 0 Å². The van der Waals surface area contributed by atoms with Gasteiger partial charge in [-0.3, -0.25) is 4.79 Å². The number of Topliss-reactive ketones (excluding diaryl/α,β-unsaturated/α-hetero) is 1. The Morgan fingerprint density at radius 1 is 1.50 bits per heavy atom. The quantitative estimate of drug-likeness (QED) is 0.582. The first kappa shape index (κ1) is 8.03. The number of hydrogen-bond donors (Lipinski definition) is 0. The van der Waals surface area contributed by atoms with E-state index in [1.807, 2.05) is 6.92 Å². The molecule has 2 aliphatic rings. The lowest BCUT2D eigenvalue weighted by Gasteiger charge is -2.25. The predicted octanol–water partition coefficient (Wildman–Crippen LogP) is 2.71. The number of allylic oxidation sites excluding steroid dienone is 2. The standard InChI is InChI=1S/C11H16O/c1-8-3-4-9(7-10(8)12)11(2)5-6-11/h3,9H,4-7H2,1-2H3/t9-/m1/s1. The average molecular weight is 164 g/mol. The van der Waals surface area contributed by atoms with Crippen LogP contribution in [0.4, 0.5) is 0 Å². The Labute approximate surface area is 73.8 Å². The molecule has 0 saturated heterocycles. The Morgan fingerprint density at radius 2 is 2.17 bits per heavy atom. The summed E-state index contributed by atoms with van der Waals surface area (Å²) in [6.07, 6.45) is 6.72. The number of carbonyl (C=O) groups is 1. The molecule has 1 atom stereocenters. The lowest BCUT2D eigenvalue weighted by atomic mass is 9.79. The average Bonchev–Trinajstić information content (AvgIpc) is 2.75. The Morgan fingerprint density at radius 3 is 2.67 bits per heavy atom. The molecule has 1 saturated carbocycles. The first-order valence-electron chi connectivity index (χ1n) is 4.82. The van der Waals surface area contributed by atoms with Gasteiger partial charge in [0.25, 0.3) is 0 Å². The van der Waals surface area contributed by atoms with Crippen LogP contribution in [-0.2, 0) is 4.79 Å². The summed E-state index contributed by atoms with van der Waals surface area (Å²) in [4.78, 5) is 11.4. The lowest BCUT2D eigenvalue weighted by molar-refractivity contribution is -0.117. The maximum atomic E-state index is 11.4. The van der Waals surface area contributed by atoms with E-state index in [1.54, 1.807) is 0 Å². The number of hydrogen-bond acceptors (Lipinski definition) is 1. The molecule has 0 spiro atoms. The van der Waals surface area contributed by atoms with E-state index in [0.717, 1.165) is 18.4 Å². The van der Waals surface area contributed by atoms with Crippen molar-refractivity contribution < 1.29 is 4.79 Å². The van der Waals surface area contributed by atoms with Crippen molar-refractivity contribution in [1.29, 1.82) is 0 Å². The normalized spacial score (nSPS) is 33.0. The Bertz CT molecular complexity index is 246. The zero-order chi connectivity index (χ0) is 8.77. The SMILES string of the molecule is CC1=CC[C@@H](C2(C)CC2)CC1=O. The maximum absolute atomic E-state index is 11.4. The molecule has 12 heavy (non-hydrogen) atoms. The summed E-state index contributed by atoms with van der Waals surface area (Å²) in [5, 5.41) is 0. The zero-order valence-corrected chi connectivity index (χ0v) is 7.89. The molecule has 2 aliphatic carbocycles. The Balaban J connectivity index is 2.09. The molecule has 1 fully saturated rings. The van der Waals surface area contributed by atoms with E-state index in [2.05, 4.69) is 13.0 Å². The lowest BCUT2D eigenvalue weighted by Crippen LogP contribution is -2.21. The van der Waals surface area contributed by atoms with Gasteiger partial charge in [0, 0.05) is 6.42 Å². The summed E-state index contributed by atoms with van der Waals surface area (Å²) in [7, 11) is 0. The summed E-state index contributed by atoms with van der Waals surface area (Å²) in [5.41, 5.74) is 1.50. The second-order valence-corrected chi connectivity index (χ2v) is 4.60. The van der Waals surface area contributed by atoms with E-state index in [4.69, 9.17) is 0 Å². The van der Waals surface area contributed by atoms with E-state index in [0.29, 0.717) is 17.1 Å². The third-order valence-corrected chi connectivity index (χ3v) is 3.60. The second-order valence-electron chi connectivity index (χ2n) is 4.60. The van der Waals surface area contributed by atoms with E-state index in [1.165, 1.54) is 12.8 Å². The van der Waals surface area contributed by atoms with Crippen molar-refractivity contribution in [3.63, 3.8) is 0 Å². The highest BCUT2D eigenvalue weighted by molar-refractivity contribution is 5.95. The van der Waals surface area contributed by atoms with E-state index in [9.17, 15) is 4.79 Å². The van der Waals surface area contributed by atoms with Gasteiger partial charge in [0.15, 0.2) is 5.78 Å². The van der Waals surface area contributed by atoms with Crippen molar-refractivity contribution in [2.75, 3.05) is 0 Å². The van der Waals surface area contributed by atoms with Gasteiger partial charge in [-0.25, -0.2) is 0 Å². The van der Waals surface area contributed by atoms with Gasteiger partial charge in [-0.05, 0) is 43.1 Å². The first-order valence-corrected chi connectivity index (χ1v) is 4.82. The fourth-order valence-corrected chi connectivity index (χ4v) is 2.04. The highest BCUT2D eigenvalue weighted by atomic mass is 16.1. The van der Waals surface area contributed by atoms with Crippen LogP contribution in [0.3, 0.4) is 0 Å². The molecule has 0 radical (unpaired) electrons. The summed E-state index contributed by atoms with van der Waals surface area (Å²) < 4.78 is 0. The van der Waals surface area contributed by atoms with Crippen LogP contribution in [0.15, 0.2) is 11.6 Å². The monoisotopic (exact) mass is 164 g/mol. The molecule has 66 valence electrons. The topological polar surface area (TPSA) is 17.1 Å². The summed E-state index contributed by atoms with van der Waals surface area (Å²) in [6.45, 7) is 4.26. The van der Waals surface area contributed by atoms with E-state index < -0.39 is 0 Å². The van der Waals surface area contributed by atoms with Gasteiger partial charge in [-0.2, -0.15) is 0 Å². The molecular weight excluding hydrogens is 148 g/mol. The third-order valence-electron chi connectivity index (χ3n) is 3.60. The van der Waals surface area contributed by atoms with Crippen LogP contribution in [0.5, 0.6) is 0 Å². The molecule has 0 N–H and O–H groups in total. The van der Waals surface area contributed by atoms with Crippen molar-refractivity contribution in [2.45, 2.75) is 39.5 Å². The van der Waals surface area contributed by atoms with Crippen molar-refractivity contribution in [3.05, 3.63) is 11.6 Å². The van der Waals surface area contributed by atoms with Gasteiger partial charge in [-0.15, -0.1) is 0 Å². The number of ketones is 1. The minimum absolute atomic E-state index is 0.374. The van der Waals surface area contributed by atoms with Crippen LogP contribution in [0.2, 0.25) is 0 Å². The first-order chi connectivity index (χ1) is 5.62. The highest BCUT2D eigenvalue weighted by Gasteiger charge is 2.45. The summed E-state index contributed by atoms with van der Waals surface area (Å²) >= 11 is 0. The second kappa shape index (κ2) is 2.45. The predicted molar refractivity (Wildman–Crippen MR) is 48.8 cm³/mol. The molecule has 0 amide bonds. The Hall–Kier alpha value is -0.590. The minimum atomic E-state index is 0.374. The number of carbonyl (C=O) groups excluding carboxylic acids is 1. The van der Waals surface area contributed by atoms with Gasteiger partial charge in [-0.1, -0.05) is 13.0 Å². The largest absolute Gasteiger partial charge is 0.295 e. The zero-order valence-electron chi connectivity index (χ0n) is 7.89. The molecular formula is C11H16O. The molecule has 0 aromatic carbocycles. The Kier molecular flexibility index (Phi) is 1.64. The smallest absolute Gasteiger partial charge is 0.158 e. The summed E-state index contributed by atoms with van der Waals surface area (Å²) in [5.74, 6) is 1.02. The van der Waals surface area contributed by atoms with Crippen molar-refractivity contribution in [1.82, 2.24) is 0 Å². The molecule has 1 heteroatoms.